The summed E-state index contributed by atoms with van der Waals surface area (Å²) in [6.45, 7) is 0. The molecule has 1 aliphatic carbocycles. The molecule has 0 unspecified atom stereocenters. The number of carbonyl (C=O) groups is 1. The molecule has 1 N–H and O–H groups in total. The first-order chi connectivity index (χ1) is 7.75. The predicted molar refractivity (Wildman–Crippen MR) is 61.8 cm³/mol. The van der Waals surface area contributed by atoms with Crippen LogP contribution in [0.2, 0.25) is 0 Å². The second-order valence-electron chi connectivity index (χ2n) is 4.07. The molecule has 0 heterocycles. The van der Waals surface area contributed by atoms with Gasteiger partial charge in [0.05, 0.1) is 5.56 Å². The van der Waals surface area contributed by atoms with Crippen LogP contribution in [0.15, 0.2) is 30.3 Å². The third kappa shape index (κ3) is 2.69. The number of hydrogen-bond donors (Lipinski definition) is 1. The highest BCUT2D eigenvalue weighted by atomic mass is 16.5. The van der Waals surface area contributed by atoms with E-state index in [-0.39, 0.29) is 12.1 Å². The minimum absolute atomic E-state index is 0.0122. The molecule has 16 heavy (non-hydrogen) atoms. The molecule has 3 heteroatoms. The molecule has 2 rings (SSSR count). The zero-order valence-electron chi connectivity index (χ0n) is 9.11. The average Bonchev–Trinajstić information content (AvgIpc) is 2.33. The minimum atomic E-state index is -0.251. The van der Waals surface area contributed by atoms with E-state index in [1.807, 2.05) is 18.2 Å². The Morgan fingerprint density at radius 3 is 2.44 bits per heavy atom. The molecule has 0 amide bonds. The Labute approximate surface area is 94.9 Å². The van der Waals surface area contributed by atoms with Gasteiger partial charge in [-0.05, 0) is 37.8 Å². The Kier molecular flexibility index (Phi) is 3.34. The molecule has 0 radical (unpaired) electrons. The maximum atomic E-state index is 11.7. The standard InChI is InChI=1S/C13H15NO2/c14-11-6-8-12(9-7-11)16-13(15)10-4-2-1-3-5-10/h1-5,12,14H,6-9H2. The molecule has 0 atom stereocenters. The van der Waals surface area contributed by atoms with Gasteiger partial charge in [-0.15, -0.1) is 0 Å². The van der Waals surface area contributed by atoms with Crippen LogP contribution in [0.1, 0.15) is 36.0 Å². The van der Waals surface area contributed by atoms with Crippen LogP contribution in [0.4, 0.5) is 0 Å². The molecule has 0 aromatic heterocycles. The van der Waals surface area contributed by atoms with E-state index in [1.165, 1.54) is 0 Å². The van der Waals surface area contributed by atoms with Crippen molar-refractivity contribution in [1.82, 2.24) is 0 Å². The van der Waals surface area contributed by atoms with Gasteiger partial charge in [-0.25, -0.2) is 4.79 Å². The number of rotatable bonds is 2. The summed E-state index contributed by atoms with van der Waals surface area (Å²) < 4.78 is 5.39. The molecule has 1 saturated carbocycles. The molecule has 0 bridgehead atoms. The van der Waals surface area contributed by atoms with Gasteiger partial charge < -0.3 is 10.1 Å². The highest BCUT2D eigenvalue weighted by molar-refractivity contribution is 5.89. The molecule has 1 aromatic carbocycles. The van der Waals surface area contributed by atoms with Crippen LogP contribution in [-0.4, -0.2) is 17.8 Å². The summed E-state index contributed by atoms with van der Waals surface area (Å²) >= 11 is 0. The van der Waals surface area contributed by atoms with Gasteiger partial charge in [-0.2, -0.15) is 0 Å². The fourth-order valence-corrected chi connectivity index (χ4v) is 1.85. The van der Waals surface area contributed by atoms with E-state index in [0.29, 0.717) is 5.56 Å². The van der Waals surface area contributed by atoms with Gasteiger partial charge in [-0.1, -0.05) is 18.2 Å². The normalized spacial score (nSPS) is 20.5. The Balaban J connectivity index is 1.91. The molecule has 0 aliphatic heterocycles. The first-order valence-electron chi connectivity index (χ1n) is 5.58. The van der Waals surface area contributed by atoms with Gasteiger partial charge in [0.1, 0.15) is 6.10 Å². The fraction of sp³-hybridized carbons (Fsp3) is 0.385. The number of ether oxygens (including phenoxy) is 1. The summed E-state index contributed by atoms with van der Waals surface area (Å²) in [7, 11) is 0. The van der Waals surface area contributed by atoms with Crippen molar-refractivity contribution in [3.05, 3.63) is 35.9 Å². The van der Waals surface area contributed by atoms with E-state index in [9.17, 15) is 4.79 Å². The van der Waals surface area contributed by atoms with Crippen LogP contribution in [0.5, 0.6) is 0 Å². The van der Waals surface area contributed by atoms with Crippen LogP contribution in [-0.2, 0) is 4.74 Å². The molecular weight excluding hydrogens is 202 g/mol. The van der Waals surface area contributed by atoms with Gasteiger partial charge in [0.25, 0.3) is 0 Å². The van der Waals surface area contributed by atoms with E-state index in [0.717, 1.165) is 31.4 Å². The fourth-order valence-electron chi connectivity index (χ4n) is 1.85. The lowest BCUT2D eigenvalue weighted by atomic mass is 9.96. The van der Waals surface area contributed by atoms with E-state index in [2.05, 4.69) is 0 Å². The Morgan fingerprint density at radius 1 is 1.19 bits per heavy atom. The summed E-state index contributed by atoms with van der Waals surface area (Å²) in [6, 6.07) is 9.04. The van der Waals surface area contributed by atoms with Crippen LogP contribution >= 0.6 is 0 Å². The highest BCUT2D eigenvalue weighted by Gasteiger charge is 2.20. The number of benzene rings is 1. The predicted octanol–water partition coefficient (Wildman–Crippen LogP) is 2.81. The third-order valence-electron chi connectivity index (χ3n) is 2.82. The largest absolute Gasteiger partial charge is 0.459 e. The molecule has 0 saturated heterocycles. The van der Waals surface area contributed by atoms with Crippen LogP contribution in [0, 0.1) is 5.41 Å². The number of nitrogens with one attached hydrogen (secondary N) is 1. The lowest BCUT2D eigenvalue weighted by Crippen LogP contribution is -2.24. The SMILES string of the molecule is N=C1CCC(OC(=O)c2ccccc2)CC1. The van der Waals surface area contributed by atoms with Gasteiger partial charge >= 0.3 is 5.97 Å². The van der Waals surface area contributed by atoms with Crippen molar-refractivity contribution >= 4 is 11.7 Å². The zero-order chi connectivity index (χ0) is 11.4. The van der Waals surface area contributed by atoms with Gasteiger partial charge in [0.15, 0.2) is 0 Å². The quantitative estimate of drug-likeness (QED) is 0.774. The summed E-state index contributed by atoms with van der Waals surface area (Å²) in [5.74, 6) is -0.251. The van der Waals surface area contributed by atoms with Crippen molar-refractivity contribution in [3.63, 3.8) is 0 Å². The second kappa shape index (κ2) is 4.92. The molecule has 1 fully saturated rings. The molecule has 84 valence electrons. The van der Waals surface area contributed by atoms with E-state index in [4.69, 9.17) is 10.1 Å². The maximum Gasteiger partial charge on any atom is 0.338 e. The molecule has 0 spiro atoms. The van der Waals surface area contributed by atoms with Gasteiger partial charge in [0.2, 0.25) is 0 Å². The van der Waals surface area contributed by atoms with Crippen molar-refractivity contribution in [2.24, 2.45) is 0 Å². The Bertz CT molecular complexity index is 376. The molecule has 1 aromatic rings. The van der Waals surface area contributed by atoms with E-state index < -0.39 is 0 Å². The average molecular weight is 217 g/mol. The van der Waals surface area contributed by atoms with Crippen molar-refractivity contribution < 1.29 is 9.53 Å². The summed E-state index contributed by atoms with van der Waals surface area (Å²) in [4.78, 5) is 11.7. The lowest BCUT2D eigenvalue weighted by Gasteiger charge is -2.22. The topological polar surface area (TPSA) is 50.1 Å². The first kappa shape index (κ1) is 10.9. The van der Waals surface area contributed by atoms with Crippen molar-refractivity contribution in [1.29, 1.82) is 5.41 Å². The highest BCUT2D eigenvalue weighted by Crippen LogP contribution is 2.19. The number of esters is 1. The third-order valence-corrected chi connectivity index (χ3v) is 2.82. The van der Waals surface area contributed by atoms with E-state index >= 15 is 0 Å². The zero-order valence-corrected chi connectivity index (χ0v) is 9.11. The second-order valence-corrected chi connectivity index (χ2v) is 4.07. The molecule has 1 aliphatic rings. The van der Waals surface area contributed by atoms with Crippen LogP contribution < -0.4 is 0 Å². The molecule has 3 nitrogen and oxygen atoms in total. The minimum Gasteiger partial charge on any atom is -0.459 e. The van der Waals surface area contributed by atoms with Crippen LogP contribution in [0.3, 0.4) is 0 Å². The van der Waals surface area contributed by atoms with Crippen molar-refractivity contribution in [2.45, 2.75) is 31.8 Å². The van der Waals surface area contributed by atoms with Crippen molar-refractivity contribution in [3.8, 4) is 0 Å². The van der Waals surface area contributed by atoms with E-state index in [1.54, 1.807) is 12.1 Å². The molecular formula is C13H15NO2. The lowest BCUT2D eigenvalue weighted by molar-refractivity contribution is 0.0256. The maximum absolute atomic E-state index is 11.7. The van der Waals surface area contributed by atoms with Crippen molar-refractivity contribution in [2.75, 3.05) is 0 Å². The van der Waals surface area contributed by atoms with Gasteiger partial charge in [-0.3, -0.25) is 0 Å². The van der Waals surface area contributed by atoms with Gasteiger partial charge in [0, 0.05) is 5.71 Å². The summed E-state index contributed by atoms with van der Waals surface area (Å²) in [6.07, 6.45) is 3.08. The Morgan fingerprint density at radius 2 is 1.81 bits per heavy atom. The number of carbonyl (C=O) groups excluding carboxylic acids is 1. The summed E-state index contributed by atoms with van der Waals surface area (Å²) in [5.41, 5.74) is 1.37. The first-order valence-corrected chi connectivity index (χ1v) is 5.58. The monoisotopic (exact) mass is 217 g/mol. The Hall–Kier alpha value is -1.64. The van der Waals surface area contributed by atoms with Crippen LogP contribution in [0.25, 0.3) is 0 Å². The summed E-state index contributed by atoms with van der Waals surface area (Å²) in [5, 5.41) is 7.48. The smallest absolute Gasteiger partial charge is 0.338 e. The number of hydrogen-bond acceptors (Lipinski definition) is 3.